The van der Waals surface area contributed by atoms with Gasteiger partial charge >= 0.3 is 0 Å². The number of carbonyl (C=O) groups excluding carboxylic acids is 1. The van der Waals surface area contributed by atoms with E-state index < -0.39 is 0 Å². The van der Waals surface area contributed by atoms with Gasteiger partial charge in [-0.15, -0.1) is 10.2 Å². The minimum absolute atomic E-state index is 0.253. The molecule has 1 aromatic carbocycles. The van der Waals surface area contributed by atoms with E-state index in [1.807, 2.05) is 0 Å². The lowest BCUT2D eigenvalue weighted by atomic mass is 10.2. The third-order valence-corrected chi connectivity index (χ3v) is 2.91. The minimum atomic E-state index is -0.331. The predicted octanol–water partition coefficient (Wildman–Crippen LogP) is 3.04. The molecule has 0 saturated heterocycles. The molecule has 6 nitrogen and oxygen atoms in total. The summed E-state index contributed by atoms with van der Waals surface area (Å²) in [4.78, 5) is 16.0. The summed E-state index contributed by atoms with van der Waals surface area (Å²) in [6, 6.07) is 11.9. The molecule has 0 atom stereocenters. The summed E-state index contributed by atoms with van der Waals surface area (Å²) in [5, 5.41) is 10.4. The third-order valence-electron chi connectivity index (χ3n) is 2.70. The Labute approximate surface area is 124 Å². The van der Waals surface area contributed by atoms with E-state index in [9.17, 15) is 4.79 Å². The van der Waals surface area contributed by atoms with Gasteiger partial charge in [-0.3, -0.25) is 4.79 Å². The summed E-state index contributed by atoms with van der Waals surface area (Å²) in [5.41, 5.74) is 1.65. The van der Waals surface area contributed by atoms with Crippen LogP contribution in [-0.4, -0.2) is 21.1 Å². The van der Waals surface area contributed by atoms with Crippen LogP contribution >= 0.6 is 11.6 Å². The van der Waals surface area contributed by atoms with Crippen LogP contribution in [0, 0.1) is 0 Å². The van der Waals surface area contributed by atoms with Gasteiger partial charge in [0.05, 0.1) is 0 Å². The smallest absolute Gasteiger partial charge is 0.274 e. The van der Waals surface area contributed by atoms with Crippen LogP contribution in [0.1, 0.15) is 10.5 Å². The van der Waals surface area contributed by atoms with Crippen LogP contribution in [0.3, 0.4) is 0 Å². The highest BCUT2D eigenvalue weighted by Crippen LogP contribution is 2.19. The van der Waals surface area contributed by atoms with Crippen molar-refractivity contribution in [1.82, 2.24) is 15.2 Å². The van der Waals surface area contributed by atoms with Crippen molar-refractivity contribution < 1.29 is 9.21 Å². The fourth-order valence-corrected chi connectivity index (χ4v) is 1.89. The predicted molar refractivity (Wildman–Crippen MR) is 76.9 cm³/mol. The number of amides is 1. The number of aromatic nitrogens is 3. The Morgan fingerprint density at radius 2 is 1.95 bits per heavy atom. The third kappa shape index (κ3) is 3.06. The minimum Gasteiger partial charge on any atom is -0.423 e. The number of nitrogens with one attached hydrogen (secondary N) is 1. The van der Waals surface area contributed by atoms with Gasteiger partial charge in [0.25, 0.3) is 5.91 Å². The first-order valence-corrected chi connectivity index (χ1v) is 6.41. The molecule has 0 aliphatic carbocycles. The van der Waals surface area contributed by atoms with E-state index in [2.05, 4.69) is 20.5 Å². The number of hydrogen-bond acceptors (Lipinski definition) is 5. The quantitative estimate of drug-likeness (QED) is 0.752. The molecule has 104 valence electrons. The van der Waals surface area contributed by atoms with Gasteiger partial charge in [-0.25, -0.2) is 4.98 Å². The van der Waals surface area contributed by atoms with E-state index in [0.29, 0.717) is 11.6 Å². The van der Waals surface area contributed by atoms with E-state index in [0.717, 1.165) is 5.56 Å². The van der Waals surface area contributed by atoms with Gasteiger partial charge in [0.1, 0.15) is 10.8 Å². The summed E-state index contributed by atoms with van der Waals surface area (Å²) in [7, 11) is 0. The molecular formula is C14H9ClN4O2. The molecule has 7 heteroatoms. The van der Waals surface area contributed by atoms with E-state index in [-0.39, 0.29) is 16.8 Å². The number of rotatable bonds is 3. The highest BCUT2D eigenvalue weighted by molar-refractivity contribution is 6.29. The molecule has 3 aromatic rings. The molecule has 0 fully saturated rings. The Morgan fingerprint density at radius 1 is 1.14 bits per heavy atom. The van der Waals surface area contributed by atoms with Crippen molar-refractivity contribution in [3.05, 3.63) is 59.7 Å². The first-order valence-electron chi connectivity index (χ1n) is 6.03. The van der Waals surface area contributed by atoms with Gasteiger partial charge in [0.15, 0.2) is 0 Å². The lowest BCUT2D eigenvalue weighted by molar-refractivity contribution is 0.102. The number of halogens is 1. The summed E-state index contributed by atoms with van der Waals surface area (Å²) in [6.45, 7) is 0. The molecule has 1 amide bonds. The zero-order valence-corrected chi connectivity index (χ0v) is 11.4. The molecule has 0 aliphatic rings. The number of hydrogen-bond donors (Lipinski definition) is 1. The highest BCUT2D eigenvalue weighted by atomic mass is 35.5. The molecular weight excluding hydrogens is 292 g/mol. The summed E-state index contributed by atoms with van der Waals surface area (Å²) in [5.74, 6) is 0.0902. The van der Waals surface area contributed by atoms with Gasteiger partial charge in [-0.2, -0.15) is 0 Å². The second kappa shape index (κ2) is 5.72. The van der Waals surface area contributed by atoms with Crippen LogP contribution in [0.2, 0.25) is 5.15 Å². The van der Waals surface area contributed by atoms with Crippen molar-refractivity contribution in [1.29, 1.82) is 0 Å². The van der Waals surface area contributed by atoms with Crippen LogP contribution in [0.5, 0.6) is 0 Å². The number of benzene rings is 1. The number of pyridine rings is 1. The number of carbonyl (C=O) groups is 1. The maximum Gasteiger partial charge on any atom is 0.274 e. The van der Waals surface area contributed by atoms with Crippen LogP contribution < -0.4 is 5.32 Å². The first-order chi connectivity index (χ1) is 10.2. The second-order valence-corrected chi connectivity index (χ2v) is 4.51. The molecule has 0 unspecified atom stereocenters. The maximum atomic E-state index is 12.0. The van der Waals surface area contributed by atoms with Gasteiger partial charge in [0.2, 0.25) is 12.3 Å². The average molecular weight is 301 g/mol. The van der Waals surface area contributed by atoms with Gasteiger partial charge in [-0.1, -0.05) is 17.7 Å². The van der Waals surface area contributed by atoms with Crippen LogP contribution in [-0.2, 0) is 0 Å². The van der Waals surface area contributed by atoms with E-state index in [4.69, 9.17) is 16.0 Å². The van der Waals surface area contributed by atoms with Crippen molar-refractivity contribution in [2.24, 2.45) is 0 Å². The molecule has 0 saturated carbocycles. The van der Waals surface area contributed by atoms with Crippen LogP contribution in [0.15, 0.2) is 53.3 Å². The van der Waals surface area contributed by atoms with E-state index in [1.165, 1.54) is 6.39 Å². The largest absolute Gasteiger partial charge is 0.423 e. The summed E-state index contributed by atoms with van der Waals surface area (Å²) in [6.07, 6.45) is 1.26. The van der Waals surface area contributed by atoms with E-state index >= 15 is 0 Å². The molecule has 0 radical (unpaired) electrons. The van der Waals surface area contributed by atoms with Crippen molar-refractivity contribution in [2.45, 2.75) is 0 Å². The SMILES string of the molecule is O=C(Nc1ccc(-c2nnco2)cc1)c1cccc(Cl)n1. The number of nitrogens with zero attached hydrogens (tertiary/aromatic N) is 3. The first kappa shape index (κ1) is 13.3. The second-order valence-electron chi connectivity index (χ2n) is 4.12. The topological polar surface area (TPSA) is 80.9 Å². The molecule has 1 N–H and O–H groups in total. The molecule has 2 aromatic heterocycles. The maximum absolute atomic E-state index is 12.0. The summed E-state index contributed by atoms with van der Waals surface area (Å²) < 4.78 is 5.09. The Bertz CT molecular complexity index is 757. The summed E-state index contributed by atoms with van der Waals surface area (Å²) >= 11 is 5.76. The van der Waals surface area contributed by atoms with Crippen molar-refractivity contribution in [3.8, 4) is 11.5 Å². The Kier molecular flexibility index (Phi) is 3.61. The van der Waals surface area contributed by atoms with E-state index in [1.54, 1.807) is 42.5 Å². The van der Waals surface area contributed by atoms with Crippen molar-refractivity contribution in [3.63, 3.8) is 0 Å². The Hall–Kier alpha value is -2.73. The fraction of sp³-hybridized carbons (Fsp3) is 0. The Morgan fingerprint density at radius 3 is 2.62 bits per heavy atom. The normalized spacial score (nSPS) is 10.3. The fourth-order valence-electron chi connectivity index (χ4n) is 1.72. The highest BCUT2D eigenvalue weighted by Gasteiger charge is 2.09. The number of anilines is 1. The lowest BCUT2D eigenvalue weighted by Gasteiger charge is -2.05. The van der Waals surface area contributed by atoms with Crippen molar-refractivity contribution in [2.75, 3.05) is 5.32 Å². The molecule has 0 aliphatic heterocycles. The zero-order chi connectivity index (χ0) is 14.7. The standard InChI is InChI=1S/C14H9ClN4O2/c15-12-3-1-2-11(18-12)13(20)17-10-6-4-9(5-7-10)14-19-16-8-21-14/h1-8H,(H,17,20). The Balaban J connectivity index is 1.75. The monoisotopic (exact) mass is 300 g/mol. The van der Waals surface area contributed by atoms with Crippen LogP contribution in [0.25, 0.3) is 11.5 Å². The molecule has 0 spiro atoms. The zero-order valence-electron chi connectivity index (χ0n) is 10.7. The molecule has 2 heterocycles. The van der Waals surface area contributed by atoms with Gasteiger partial charge in [0, 0.05) is 11.3 Å². The lowest BCUT2D eigenvalue weighted by Crippen LogP contribution is -2.13. The van der Waals surface area contributed by atoms with Gasteiger partial charge < -0.3 is 9.73 Å². The molecule has 3 rings (SSSR count). The molecule has 21 heavy (non-hydrogen) atoms. The average Bonchev–Trinajstić information content (AvgIpc) is 3.02. The van der Waals surface area contributed by atoms with Crippen molar-refractivity contribution >= 4 is 23.2 Å². The van der Waals surface area contributed by atoms with Crippen LogP contribution in [0.4, 0.5) is 5.69 Å². The molecule has 0 bridgehead atoms. The van der Waals surface area contributed by atoms with Gasteiger partial charge in [-0.05, 0) is 36.4 Å².